The van der Waals surface area contributed by atoms with Gasteiger partial charge >= 0.3 is 5.97 Å². The molecule has 0 saturated heterocycles. The third-order valence-corrected chi connectivity index (χ3v) is 10.8. The Bertz CT molecular complexity index is 785. The number of amides is 2. The normalized spacial score (nSPS) is 12.2. The maximum Gasteiger partial charge on any atom is 0.329 e. The van der Waals surface area contributed by atoms with E-state index >= 15 is 0 Å². The highest BCUT2D eigenvalue weighted by molar-refractivity contribution is 5.85. The first-order valence-corrected chi connectivity index (χ1v) is 22.6. The van der Waals surface area contributed by atoms with Gasteiger partial charge in [-0.15, -0.1) is 0 Å². The smallest absolute Gasteiger partial charge is 0.329 e. The van der Waals surface area contributed by atoms with E-state index in [4.69, 9.17) is 10.5 Å². The fraction of sp³-hybridized carbons (Fsp3) is 0.933. The Hall–Kier alpha value is -1.59. The van der Waals surface area contributed by atoms with Gasteiger partial charge in [-0.05, 0) is 51.4 Å². The third kappa shape index (κ3) is 31.6. The molecule has 51 heavy (non-hydrogen) atoms. The van der Waals surface area contributed by atoms with E-state index in [-0.39, 0.29) is 24.7 Å². The molecule has 0 fully saturated rings. The Morgan fingerprint density at radius 3 is 1.12 bits per heavy atom. The minimum atomic E-state index is -0.833. The van der Waals surface area contributed by atoms with Crippen LogP contribution in [0.2, 0.25) is 0 Å². The van der Waals surface area contributed by atoms with E-state index in [0.29, 0.717) is 6.42 Å². The number of primary amides is 1. The lowest BCUT2D eigenvalue weighted by atomic mass is 9.84. The monoisotopic (exact) mass is 721 g/mol. The molecule has 0 heterocycles. The van der Waals surface area contributed by atoms with Crippen molar-refractivity contribution in [2.24, 2.45) is 5.73 Å². The Kier molecular flexibility index (Phi) is 35.6. The molecule has 0 bridgehead atoms. The van der Waals surface area contributed by atoms with Gasteiger partial charge in [-0.25, -0.2) is 4.79 Å². The van der Waals surface area contributed by atoms with E-state index in [9.17, 15) is 14.4 Å². The van der Waals surface area contributed by atoms with E-state index < -0.39 is 17.6 Å². The molecule has 0 saturated carbocycles. The highest BCUT2D eigenvalue weighted by atomic mass is 16.6. The molecule has 302 valence electrons. The zero-order valence-corrected chi connectivity index (χ0v) is 34.7. The summed E-state index contributed by atoms with van der Waals surface area (Å²) >= 11 is 0. The zero-order valence-electron chi connectivity index (χ0n) is 34.7. The maximum absolute atomic E-state index is 14.0. The molecule has 6 nitrogen and oxygen atoms in total. The van der Waals surface area contributed by atoms with Crippen molar-refractivity contribution in [3.05, 3.63) is 0 Å². The molecule has 1 atom stereocenters. The molecule has 0 aliphatic heterocycles. The van der Waals surface area contributed by atoms with Crippen LogP contribution in [0.3, 0.4) is 0 Å². The quantitative estimate of drug-likeness (QED) is 0.0486. The number of rotatable bonds is 40. The van der Waals surface area contributed by atoms with E-state index in [1.807, 2.05) is 0 Å². The molecule has 6 heteroatoms. The van der Waals surface area contributed by atoms with Crippen molar-refractivity contribution in [3.8, 4) is 0 Å². The number of nitrogens with one attached hydrogen (secondary N) is 1. The second-order valence-electron chi connectivity index (χ2n) is 15.9. The van der Waals surface area contributed by atoms with Crippen LogP contribution in [0, 0.1) is 0 Å². The van der Waals surface area contributed by atoms with Crippen molar-refractivity contribution < 1.29 is 19.1 Å². The van der Waals surface area contributed by atoms with Gasteiger partial charge in [-0.1, -0.05) is 195 Å². The number of unbranched alkanes of at least 4 members (excludes halogenated alkanes) is 26. The minimum Gasteiger partial charge on any atom is -0.458 e. The molecule has 0 aliphatic rings. The molecule has 0 aliphatic carbocycles. The number of carbonyl (C=O) groups excluding carboxylic acids is 3. The highest BCUT2D eigenvalue weighted by Gasteiger charge is 2.36. The van der Waals surface area contributed by atoms with Gasteiger partial charge in [0.25, 0.3) is 0 Å². The summed E-state index contributed by atoms with van der Waals surface area (Å²) < 4.78 is 6.65. The van der Waals surface area contributed by atoms with Crippen LogP contribution in [0.5, 0.6) is 0 Å². The first kappa shape index (κ1) is 49.4. The summed E-state index contributed by atoms with van der Waals surface area (Å²) in [4.78, 5) is 38.9. The molecule has 0 radical (unpaired) electrons. The van der Waals surface area contributed by atoms with Crippen molar-refractivity contribution in [3.63, 3.8) is 0 Å². The minimum absolute atomic E-state index is 0.0538. The van der Waals surface area contributed by atoms with Gasteiger partial charge < -0.3 is 15.8 Å². The van der Waals surface area contributed by atoms with Gasteiger partial charge in [-0.2, -0.15) is 0 Å². The topological polar surface area (TPSA) is 98.5 Å². The Labute approximate surface area is 317 Å². The first-order chi connectivity index (χ1) is 24.8. The third-order valence-electron chi connectivity index (χ3n) is 10.8. The number of ether oxygens (including phenoxy) is 1. The summed E-state index contributed by atoms with van der Waals surface area (Å²) in [6.07, 6.45) is 39.8. The maximum atomic E-state index is 14.0. The largest absolute Gasteiger partial charge is 0.458 e. The van der Waals surface area contributed by atoms with Crippen LogP contribution in [0.15, 0.2) is 0 Å². The summed E-state index contributed by atoms with van der Waals surface area (Å²) in [5.41, 5.74) is 5.02. The predicted octanol–water partition coefficient (Wildman–Crippen LogP) is 13.4. The molecule has 0 aromatic carbocycles. The van der Waals surface area contributed by atoms with E-state index in [1.165, 1.54) is 141 Å². The molecule has 0 aromatic heterocycles. The molecule has 0 aromatic rings. The van der Waals surface area contributed by atoms with Crippen molar-refractivity contribution in [2.75, 3.05) is 0 Å². The van der Waals surface area contributed by atoms with Gasteiger partial charge in [0.1, 0.15) is 11.6 Å². The Morgan fingerprint density at radius 2 is 0.784 bits per heavy atom. The van der Waals surface area contributed by atoms with Crippen LogP contribution in [0.1, 0.15) is 259 Å². The lowest BCUT2D eigenvalue weighted by molar-refractivity contribution is -0.167. The Balaban J connectivity index is 5.56. The number of hydrogen-bond acceptors (Lipinski definition) is 4. The molecular formula is C45H88N2O4. The van der Waals surface area contributed by atoms with Crippen LogP contribution < -0.4 is 11.1 Å². The van der Waals surface area contributed by atoms with Gasteiger partial charge in [-0.3, -0.25) is 9.59 Å². The fourth-order valence-corrected chi connectivity index (χ4v) is 7.42. The van der Waals surface area contributed by atoms with Gasteiger partial charge in [0.05, 0.1) is 0 Å². The fourth-order valence-electron chi connectivity index (χ4n) is 7.42. The van der Waals surface area contributed by atoms with Crippen LogP contribution >= 0.6 is 0 Å². The van der Waals surface area contributed by atoms with Crippen molar-refractivity contribution in [1.82, 2.24) is 5.32 Å². The molecule has 0 unspecified atom stereocenters. The van der Waals surface area contributed by atoms with Crippen LogP contribution in [0.4, 0.5) is 0 Å². The summed E-state index contributed by atoms with van der Waals surface area (Å²) in [5, 5.41) is 2.98. The molecule has 2 amide bonds. The van der Waals surface area contributed by atoms with E-state index in [2.05, 4.69) is 33.0 Å². The average Bonchev–Trinajstić information content (AvgIpc) is 3.11. The van der Waals surface area contributed by atoms with Crippen molar-refractivity contribution >= 4 is 17.8 Å². The number of carbonyl (C=O) groups is 3. The summed E-state index contributed by atoms with van der Waals surface area (Å²) in [7, 11) is 0. The first-order valence-electron chi connectivity index (χ1n) is 22.6. The van der Waals surface area contributed by atoms with Crippen molar-refractivity contribution in [2.45, 2.75) is 270 Å². The summed E-state index contributed by atoms with van der Waals surface area (Å²) in [5.74, 6) is -0.952. The van der Waals surface area contributed by atoms with Gasteiger partial charge in [0.2, 0.25) is 11.8 Å². The second kappa shape index (κ2) is 36.8. The molecule has 0 rings (SSSR count). The van der Waals surface area contributed by atoms with Crippen LogP contribution in [0.25, 0.3) is 0 Å². The lowest BCUT2D eigenvalue weighted by Crippen LogP contribution is -2.46. The zero-order chi connectivity index (χ0) is 37.7. The van der Waals surface area contributed by atoms with Gasteiger partial charge in [0.15, 0.2) is 0 Å². The van der Waals surface area contributed by atoms with Crippen molar-refractivity contribution in [1.29, 1.82) is 0 Å². The SMILES string of the molecule is CCCCCCCCCCCC(=O)N[C@@H](CCC(N)=O)C(=O)OC(CCCCCCCC)(CCCCCCCC)CCCCCCCCCCC. The molecule has 3 N–H and O–H groups in total. The molecular weight excluding hydrogens is 633 g/mol. The number of hydrogen-bond donors (Lipinski definition) is 2. The summed E-state index contributed by atoms with van der Waals surface area (Å²) in [6.45, 7) is 9.01. The standard InChI is InChI=1S/C45H88N2O4/c1-5-9-13-17-21-23-25-27-31-35-43(49)47-41(36-37-42(46)48)44(50)51-45(38-32-28-19-15-11-7-3,39-33-29-20-16-12-8-4)40-34-30-26-24-22-18-14-10-6-2/h41H,5-40H2,1-4H3,(H2,46,48)(H,47,49)/t41-/m0/s1. The van der Waals surface area contributed by atoms with E-state index in [1.54, 1.807) is 0 Å². The summed E-state index contributed by atoms with van der Waals surface area (Å²) in [6, 6.07) is -0.833. The second-order valence-corrected chi connectivity index (χ2v) is 15.9. The van der Waals surface area contributed by atoms with Gasteiger partial charge in [0, 0.05) is 12.8 Å². The number of esters is 1. The molecule has 0 spiro atoms. The van der Waals surface area contributed by atoms with Crippen LogP contribution in [-0.2, 0) is 19.1 Å². The van der Waals surface area contributed by atoms with E-state index in [0.717, 1.165) is 70.6 Å². The lowest BCUT2D eigenvalue weighted by Gasteiger charge is -2.36. The highest BCUT2D eigenvalue weighted by Crippen LogP contribution is 2.34. The Morgan fingerprint density at radius 1 is 0.471 bits per heavy atom. The van der Waals surface area contributed by atoms with Crippen LogP contribution in [-0.4, -0.2) is 29.4 Å². The predicted molar refractivity (Wildman–Crippen MR) is 219 cm³/mol. The number of nitrogens with two attached hydrogens (primary N) is 1. The average molecular weight is 721 g/mol.